The van der Waals surface area contributed by atoms with Gasteiger partial charge < -0.3 is 4.90 Å². The van der Waals surface area contributed by atoms with Crippen molar-refractivity contribution in [1.82, 2.24) is 9.62 Å². The predicted molar refractivity (Wildman–Crippen MR) is 102 cm³/mol. The van der Waals surface area contributed by atoms with Crippen LogP contribution < -0.4 is 4.72 Å². The van der Waals surface area contributed by atoms with Gasteiger partial charge in [-0.25, -0.2) is 13.1 Å². The summed E-state index contributed by atoms with van der Waals surface area (Å²) in [6, 6.07) is 13.7. The highest BCUT2D eigenvalue weighted by Gasteiger charge is 2.15. The first-order chi connectivity index (χ1) is 11.8. The van der Waals surface area contributed by atoms with Crippen molar-refractivity contribution in [3.05, 3.63) is 63.6 Å². The highest BCUT2D eigenvalue weighted by Crippen LogP contribution is 2.16. The largest absolute Gasteiger partial charge is 0.341 e. The van der Waals surface area contributed by atoms with Crippen LogP contribution in [-0.2, 0) is 21.4 Å². The molecule has 0 unspecified atom stereocenters. The van der Waals surface area contributed by atoms with Gasteiger partial charge in [0.25, 0.3) is 0 Å². The summed E-state index contributed by atoms with van der Waals surface area (Å²) in [6.45, 7) is 0.450. The van der Waals surface area contributed by atoms with E-state index in [0.29, 0.717) is 16.0 Å². The van der Waals surface area contributed by atoms with Gasteiger partial charge in [-0.3, -0.25) is 4.79 Å². The van der Waals surface area contributed by atoms with Crippen molar-refractivity contribution in [1.29, 1.82) is 0 Å². The molecule has 1 amide bonds. The number of benzene rings is 2. The van der Waals surface area contributed by atoms with Gasteiger partial charge in [0.05, 0.1) is 4.90 Å². The molecule has 0 aliphatic rings. The van der Waals surface area contributed by atoms with E-state index in [0.717, 1.165) is 5.56 Å². The number of sulfonamides is 1. The van der Waals surface area contributed by atoms with E-state index in [1.54, 1.807) is 36.2 Å². The second-order valence-electron chi connectivity index (χ2n) is 5.48. The lowest BCUT2D eigenvalue weighted by Crippen LogP contribution is -2.31. The molecular weight excluding hydrogens is 428 g/mol. The zero-order valence-electron chi connectivity index (χ0n) is 13.6. The van der Waals surface area contributed by atoms with Gasteiger partial charge in [0.1, 0.15) is 0 Å². The van der Waals surface area contributed by atoms with Crippen molar-refractivity contribution in [2.75, 3.05) is 13.6 Å². The third-order valence-electron chi connectivity index (χ3n) is 3.47. The maximum atomic E-state index is 12.2. The third-order valence-corrected chi connectivity index (χ3v) is 5.66. The van der Waals surface area contributed by atoms with Crippen molar-refractivity contribution in [2.24, 2.45) is 0 Å². The Labute approximate surface area is 161 Å². The summed E-state index contributed by atoms with van der Waals surface area (Å²) in [7, 11) is -1.96. The van der Waals surface area contributed by atoms with Crippen LogP contribution in [0.1, 0.15) is 12.0 Å². The number of carbonyl (C=O) groups excluding carboxylic acids is 1. The third kappa shape index (κ3) is 6.11. The first kappa shape index (κ1) is 19.9. The molecule has 2 aromatic carbocycles. The molecule has 0 spiro atoms. The summed E-state index contributed by atoms with van der Waals surface area (Å²) in [6.07, 6.45) is 0.0737. The molecular formula is C17H18BrClN2O3S. The van der Waals surface area contributed by atoms with Crippen LogP contribution in [0.25, 0.3) is 0 Å². The van der Waals surface area contributed by atoms with Crippen LogP contribution in [0.15, 0.2) is 57.9 Å². The summed E-state index contributed by atoms with van der Waals surface area (Å²) >= 11 is 9.17. The molecule has 2 rings (SSSR count). The minimum atomic E-state index is -3.64. The lowest BCUT2D eigenvalue weighted by Gasteiger charge is -2.17. The molecule has 0 aliphatic heterocycles. The van der Waals surface area contributed by atoms with Crippen molar-refractivity contribution >= 4 is 43.5 Å². The average molecular weight is 446 g/mol. The fourth-order valence-corrected chi connectivity index (χ4v) is 4.04. The van der Waals surface area contributed by atoms with Crippen LogP contribution in [-0.4, -0.2) is 32.8 Å². The zero-order chi connectivity index (χ0) is 18.4. The monoisotopic (exact) mass is 444 g/mol. The molecule has 2 aromatic rings. The Kier molecular flexibility index (Phi) is 7.01. The van der Waals surface area contributed by atoms with E-state index in [4.69, 9.17) is 11.6 Å². The van der Waals surface area contributed by atoms with Crippen LogP contribution in [0.5, 0.6) is 0 Å². The maximum Gasteiger partial charge on any atom is 0.240 e. The molecule has 1 N–H and O–H groups in total. The van der Waals surface area contributed by atoms with Crippen LogP contribution in [0.3, 0.4) is 0 Å². The molecule has 0 atom stereocenters. The number of rotatable bonds is 7. The molecule has 0 fully saturated rings. The van der Waals surface area contributed by atoms with Gasteiger partial charge in [-0.1, -0.05) is 45.7 Å². The van der Waals surface area contributed by atoms with E-state index >= 15 is 0 Å². The second-order valence-corrected chi connectivity index (χ2v) is 8.60. The Morgan fingerprint density at radius 1 is 1.20 bits per heavy atom. The van der Waals surface area contributed by atoms with Crippen molar-refractivity contribution < 1.29 is 13.2 Å². The summed E-state index contributed by atoms with van der Waals surface area (Å²) in [5, 5.41) is 0.611. The molecule has 0 radical (unpaired) electrons. The number of hydrogen-bond donors (Lipinski definition) is 1. The van der Waals surface area contributed by atoms with Crippen LogP contribution in [0, 0.1) is 0 Å². The molecule has 0 heterocycles. The molecule has 0 aromatic heterocycles. The summed E-state index contributed by atoms with van der Waals surface area (Å²) in [5.74, 6) is -0.156. The SMILES string of the molecule is CN(Cc1cccc(Cl)c1)C(=O)CCNS(=O)(=O)c1cccc(Br)c1. The smallest absolute Gasteiger partial charge is 0.240 e. The Morgan fingerprint density at radius 2 is 1.92 bits per heavy atom. The van der Waals surface area contributed by atoms with Crippen molar-refractivity contribution in [2.45, 2.75) is 17.9 Å². The fraction of sp³-hybridized carbons (Fsp3) is 0.235. The predicted octanol–water partition coefficient (Wildman–Crippen LogP) is 3.43. The van der Waals surface area contributed by atoms with Gasteiger partial charge in [-0.05, 0) is 35.9 Å². The molecule has 0 saturated carbocycles. The number of nitrogens with zero attached hydrogens (tertiary/aromatic N) is 1. The van der Waals surface area contributed by atoms with Crippen molar-refractivity contribution in [3.63, 3.8) is 0 Å². The highest BCUT2D eigenvalue weighted by molar-refractivity contribution is 9.10. The zero-order valence-corrected chi connectivity index (χ0v) is 16.7. The van der Waals surface area contributed by atoms with Gasteiger partial charge in [0, 0.05) is 36.1 Å². The van der Waals surface area contributed by atoms with Gasteiger partial charge >= 0.3 is 0 Å². The molecule has 5 nitrogen and oxygen atoms in total. The topological polar surface area (TPSA) is 66.5 Å². The lowest BCUT2D eigenvalue weighted by molar-refractivity contribution is -0.130. The van der Waals surface area contributed by atoms with Crippen molar-refractivity contribution in [3.8, 4) is 0 Å². The number of halogens is 2. The van der Waals surface area contributed by atoms with Crippen LogP contribution in [0.4, 0.5) is 0 Å². The number of amides is 1. The summed E-state index contributed by atoms with van der Waals surface area (Å²) in [5.41, 5.74) is 0.915. The van der Waals surface area contributed by atoms with Gasteiger partial charge in [0.15, 0.2) is 0 Å². The Bertz CT molecular complexity index is 858. The quantitative estimate of drug-likeness (QED) is 0.710. The normalized spacial score (nSPS) is 11.3. The van der Waals surface area contributed by atoms with E-state index in [1.165, 1.54) is 12.1 Å². The first-order valence-corrected chi connectivity index (χ1v) is 10.2. The van der Waals surface area contributed by atoms with Crippen LogP contribution >= 0.6 is 27.5 Å². The molecule has 25 heavy (non-hydrogen) atoms. The van der Waals surface area contributed by atoms with Gasteiger partial charge in [0.2, 0.25) is 15.9 Å². The van der Waals surface area contributed by atoms with E-state index in [-0.39, 0.29) is 23.8 Å². The van der Waals surface area contributed by atoms with Gasteiger partial charge in [-0.2, -0.15) is 0 Å². The average Bonchev–Trinajstić information content (AvgIpc) is 2.54. The van der Waals surface area contributed by atoms with E-state index in [2.05, 4.69) is 20.7 Å². The second kappa shape index (κ2) is 8.80. The molecule has 0 bridgehead atoms. The molecule has 134 valence electrons. The number of carbonyl (C=O) groups is 1. The van der Waals surface area contributed by atoms with Gasteiger partial charge in [-0.15, -0.1) is 0 Å². The minimum absolute atomic E-state index is 0.0353. The first-order valence-electron chi connectivity index (χ1n) is 7.51. The van der Waals surface area contributed by atoms with Crippen LogP contribution in [0.2, 0.25) is 5.02 Å². The Hall–Kier alpha value is -1.41. The summed E-state index contributed by atoms with van der Waals surface area (Å²) in [4.78, 5) is 13.9. The Balaban J connectivity index is 1.87. The minimum Gasteiger partial charge on any atom is -0.341 e. The van der Waals surface area contributed by atoms with E-state index in [9.17, 15) is 13.2 Å². The molecule has 0 saturated heterocycles. The fourth-order valence-electron chi connectivity index (χ4n) is 2.20. The molecule has 8 heteroatoms. The highest BCUT2D eigenvalue weighted by atomic mass is 79.9. The lowest BCUT2D eigenvalue weighted by atomic mass is 10.2. The summed E-state index contributed by atoms with van der Waals surface area (Å²) < 4.78 is 27.5. The number of hydrogen-bond acceptors (Lipinski definition) is 3. The van der Waals surface area contributed by atoms with E-state index in [1.807, 2.05) is 12.1 Å². The Morgan fingerprint density at radius 3 is 2.60 bits per heavy atom. The molecule has 0 aliphatic carbocycles. The standard InChI is InChI=1S/C17H18BrClN2O3S/c1-21(12-13-4-2-6-15(19)10-13)17(22)8-9-20-25(23,24)16-7-3-5-14(18)11-16/h2-7,10-11,20H,8-9,12H2,1H3. The van der Waals surface area contributed by atoms with E-state index < -0.39 is 10.0 Å². The number of nitrogens with one attached hydrogen (secondary N) is 1. The maximum absolute atomic E-state index is 12.2.